The van der Waals surface area contributed by atoms with Crippen molar-refractivity contribution in [1.29, 1.82) is 5.26 Å². The van der Waals surface area contributed by atoms with Gasteiger partial charge in [-0.15, -0.1) is 0 Å². The number of primary sulfonamides is 1. The molecule has 4 N–H and O–H groups in total. The Kier molecular flexibility index (Phi) is 6.89. The van der Waals surface area contributed by atoms with Gasteiger partial charge in [0.1, 0.15) is 11.2 Å². The van der Waals surface area contributed by atoms with E-state index < -0.39 is 10.0 Å². The van der Waals surface area contributed by atoms with E-state index >= 15 is 0 Å². The molecule has 1 aromatic carbocycles. The number of pyridine rings is 1. The molecule has 0 spiro atoms. The molecule has 1 aliphatic rings. The van der Waals surface area contributed by atoms with Crippen molar-refractivity contribution in [2.24, 2.45) is 5.14 Å². The lowest BCUT2D eigenvalue weighted by atomic mass is 9.92. The lowest BCUT2D eigenvalue weighted by molar-refractivity contribution is 0.0527. The second-order valence-electron chi connectivity index (χ2n) is 6.96. The number of ether oxygens (including phenoxy) is 1. The number of esters is 1. The monoisotopic (exact) mass is 441 g/mol. The highest BCUT2D eigenvalue weighted by Gasteiger charge is 2.23. The highest BCUT2D eigenvalue weighted by Crippen LogP contribution is 2.30. The first-order valence-electron chi connectivity index (χ1n) is 9.76. The van der Waals surface area contributed by atoms with Crippen LogP contribution in [0.3, 0.4) is 0 Å². The van der Waals surface area contributed by atoms with Crippen molar-refractivity contribution in [3.8, 4) is 6.07 Å². The molecule has 2 aromatic heterocycles. The van der Waals surface area contributed by atoms with Crippen LogP contribution >= 0.6 is 0 Å². The fraction of sp³-hybridized carbons (Fsp3) is 0.286. The number of nitrogens with one attached hydrogen (secondary N) is 2. The van der Waals surface area contributed by atoms with E-state index in [2.05, 4.69) is 15.3 Å². The lowest BCUT2D eigenvalue weighted by Crippen LogP contribution is -2.28. The van der Waals surface area contributed by atoms with E-state index in [1.807, 2.05) is 18.3 Å². The minimum absolute atomic E-state index is 0.0402. The van der Waals surface area contributed by atoms with Gasteiger partial charge in [-0.25, -0.2) is 23.3 Å². The molecule has 0 unspecified atom stereocenters. The molecule has 0 amide bonds. The van der Waals surface area contributed by atoms with Crippen molar-refractivity contribution in [3.05, 3.63) is 53.9 Å². The molecule has 1 fully saturated rings. The summed E-state index contributed by atoms with van der Waals surface area (Å²) in [6, 6.07) is 9.76. The van der Waals surface area contributed by atoms with Crippen molar-refractivity contribution in [2.75, 3.05) is 11.9 Å². The van der Waals surface area contributed by atoms with Gasteiger partial charge in [0.05, 0.1) is 28.8 Å². The summed E-state index contributed by atoms with van der Waals surface area (Å²) in [5, 5.41) is 17.7. The zero-order valence-corrected chi connectivity index (χ0v) is 17.8. The van der Waals surface area contributed by atoms with E-state index in [9.17, 15) is 13.2 Å². The van der Waals surface area contributed by atoms with E-state index in [-0.39, 0.29) is 16.4 Å². The number of fused-ring (bicyclic) bond motifs is 1. The lowest BCUT2D eigenvalue weighted by Gasteiger charge is -2.28. The number of nitrogens with zero attached hydrogens (tertiary/aromatic N) is 2. The fourth-order valence-corrected chi connectivity index (χ4v) is 3.59. The van der Waals surface area contributed by atoms with Crippen molar-refractivity contribution in [1.82, 2.24) is 9.97 Å². The number of sulfonamides is 1. The molecule has 0 radical (unpaired) electrons. The summed E-state index contributed by atoms with van der Waals surface area (Å²) < 4.78 is 26.6. The van der Waals surface area contributed by atoms with Crippen LogP contribution in [0, 0.1) is 11.3 Å². The van der Waals surface area contributed by atoms with E-state index in [1.54, 1.807) is 13.1 Å². The van der Waals surface area contributed by atoms with Crippen LogP contribution in [0.2, 0.25) is 0 Å². The number of hydrogen-bond acceptors (Lipinski definition) is 7. The van der Waals surface area contributed by atoms with Crippen LogP contribution in [0.15, 0.2) is 47.6 Å². The second kappa shape index (κ2) is 9.59. The molecular weight excluding hydrogens is 418 g/mol. The predicted octanol–water partition coefficient (Wildman–Crippen LogP) is 2.91. The number of aromatic amines is 1. The van der Waals surface area contributed by atoms with E-state index in [0.29, 0.717) is 18.2 Å². The minimum atomic E-state index is -3.69. The van der Waals surface area contributed by atoms with Gasteiger partial charge in [0.2, 0.25) is 10.0 Å². The van der Waals surface area contributed by atoms with Gasteiger partial charge >= 0.3 is 5.97 Å². The Balaban J connectivity index is 0.000000196. The molecule has 0 aliphatic heterocycles. The maximum atomic E-state index is 12.0. The molecule has 3 aromatic rings. The topological polar surface area (TPSA) is 151 Å². The SMILES string of the molecule is CCOC(=O)c1cnc2[nH]ccc2c1NC1CCC1.N#Cc1cccc(S(N)(=O)=O)c1. The molecule has 0 saturated heterocycles. The van der Waals surface area contributed by atoms with Gasteiger partial charge in [-0.05, 0) is 50.5 Å². The molecule has 10 heteroatoms. The Morgan fingerprint density at radius 3 is 2.77 bits per heavy atom. The molecular formula is C21H23N5O4S. The molecule has 0 atom stereocenters. The zero-order chi connectivity index (χ0) is 22.4. The smallest absolute Gasteiger partial charge is 0.341 e. The van der Waals surface area contributed by atoms with Gasteiger partial charge in [0.15, 0.2) is 0 Å². The van der Waals surface area contributed by atoms with Crippen LogP contribution in [-0.4, -0.2) is 37.0 Å². The zero-order valence-electron chi connectivity index (χ0n) is 17.0. The molecule has 9 nitrogen and oxygen atoms in total. The van der Waals surface area contributed by atoms with Gasteiger partial charge in [-0.3, -0.25) is 0 Å². The Bertz CT molecular complexity index is 1230. The number of anilines is 1. The summed E-state index contributed by atoms with van der Waals surface area (Å²) in [5.41, 5.74) is 2.42. The largest absolute Gasteiger partial charge is 0.462 e. The number of carbonyl (C=O) groups is 1. The van der Waals surface area contributed by atoms with Crippen molar-refractivity contribution >= 4 is 32.7 Å². The first-order chi connectivity index (χ1) is 14.8. The quantitative estimate of drug-likeness (QED) is 0.515. The third-order valence-corrected chi connectivity index (χ3v) is 5.74. The summed E-state index contributed by atoms with van der Waals surface area (Å²) >= 11 is 0. The summed E-state index contributed by atoms with van der Waals surface area (Å²) in [4.78, 5) is 19.3. The molecule has 0 bridgehead atoms. The molecule has 31 heavy (non-hydrogen) atoms. The number of rotatable bonds is 5. The maximum absolute atomic E-state index is 12.0. The van der Waals surface area contributed by atoms with E-state index in [1.165, 1.54) is 30.7 Å². The Hall–Kier alpha value is -3.42. The number of nitrogens with two attached hydrogens (primary N) is 1. The summed E-state index contributed by atoms with van der Waals surface area (Å²) in [7, 11) is -3.69. The summed E-state index contributed by atoms with van der Waals surface area (Å²) in [6.45, 7) is 2.17. The molecule has 162 valence electrons. The van der Waals surface area contributed by atoms with Crippen LogP contribution in [0.1, 0.15) is 42.1 Å². The standard InChI is InChI=1S/C14H17N3O2.C7H6N2O2S/c1-2-19-14(18)11-8-16-13-10(6-7-15-13)12(11)17-9-4-3-5-9;8-5-6-2-1-3-7(4-6)12(9,10)11/h6-9H,2-5H2,1H3,(H2,15,16,17);1-4H,(H2,9,10,11). The molecule has 1 saturated carbocycles. The number of nitriles is 1. The Morgan fingerprint density at radius 2 is 2.16 bits per heavy atom. The van der Waals surface area contributed by atoms with Crippen LogP contribution in [0.4, 0.5) is 5.69 Å². The highest BCUT2D eigenvalue weighted by atomic mass is 32.2. The van der Waals surface area contributed by atoms with Gasteiger partial charge < -0.3 is 15.0 Å². The average molecular weight is 442 g/mol. The van der Waals surface area contributed by atoms with Gasteiger partial charge in [0, 0.05) is 23.8 Å². The number of benzene rings is 1. The molecule has 1 aliphatic carbocycles. The first kappa shape index (κ1) is 22.3. The summed E-state index contributed by atoms with van der Waals surface area (Å²) in [6.07, 6.45) is 6.96. The Morgan fingerprint density at radius 1 is 1.39 bits per heavy atom. The van der Waals surface area contributed by atoms with E-state index in [0.717, 1.165) is 29.6 Å². The summed E-state index contributed by atoms with van der Waals surface area (Å²) in [5.74, 6) is -0.320. The van der Waals surface area contributed by atoms with Crippen LogP contribution < -0.4 is 10.5 Å². The molecule has 2 heterocycles. The number of hydrogen-bond donors (Lipinski definition) is 3. The van der Waals surface area contributed by atoms with Crippen molar-refractivity contribution in [3.63, 3.8) is 0 Å². The highest BCUT2D eigenvalue weighted by molar-refractivity contribution is 7.89. The van der Waals surface area contributed by atoms with Crippen molar-refractivity contribution < 1.29 is 17.9 Å². The van der Waals surface area contributed by atoms with Crippen LogP contribution in [-0.2, 0) is 14.8 Å². The number of H-pyrrole nitrogens is 1. The van der Waals surface area contributed by atoms with Gasteiger partial charge in [-0.1, -0.05) is 6.07 Å². The first-order valence-corrected chi connectivity index (χ1v) is 11.3. The third kappa shape index (κ3) is 5.39. The normalized spacial score (nSPS) is 13.5. The average Bonchev–Trinajstić information content (AvgIpc) is 3.19. The van der Waals surface area contributed by atoms with Gasteiger partial charge in [-0.2, -0.15) is 5.26 Å². The van der Waals surface area contributed by atoms with Gasteiger partial charge in [0.25, 0.3) is 0 Å². The fourth-order valence-electron chi connectivity index (χ4n) is 3.03. The number of aromatic nitrogens is 2. The molecule has 4 rings (SSSR count). The third-order valence-electron chi connectivity index (χ3n) is 4.83. The second-order valence-corrected chi connectivity index (χ2v) is 8.53. The maximum Gasteiger partial charge on any atom is 0.341 e. The van der Waals surface area contributed by atoms with Crippen LogP contribution in [0.5, 0.6) is 0 Å². The minimum Gasteiger partial charge on any atom is -0.462 e. The van der Waals surface area contributed by atoms with E-state index in [4.69, 9.17) is 15.1 Å². The van der Waals surface area contributed by atoms with Crippen LogP contribution in [0.25, 0.3) is 11.0 Å². The van der Waals surface area contributed by atoms with Crippen molar-refractivity contribution in [2.45, 2.75) is 37.1 Å². The predicted molar refractivity (Wildman–Crippen MR) is 116 cm³/mol. The Labute approximate surface area is 180 Å². The number of carbonyl (C=O) groups excluding carboxylic acids is 1.